The van der Waals surface area contributed by atoms with Gasteiger partial charge in [0.05, 0.1) is 0 Å². The van der Waals surface area contributed by atoms with E-state index >= 15 is 0 Å². The van der Waals surface area contributed by atoms with Crippen LogP contribution >= 0.6 is 11.6 Å². The maximum Gasteiger partial charge on any atom is 0.405 e. The first-order valence-electron chi connectivity index (χ1n) is 7.69. The highest BCUT2D eigenvalue weighted by atomic mass is 35.5. The number of carbonyl (C=O) groups is 2. The Hall–Kier alpha value is -2.54. The second-order valence-electron chi connectivity index (χ2n) is 5.56. The van der Waals surface area contributed by atoms with Gasteiger partial charge in [-0.3, -0.25) is 9.59 Å². The van der Waals surface area contributed by atoms with E-state index in [9.17, 15) is 22.8 Å². The van der Waals surface area contributed by atoms with Crippen molar-refractivity contribution in [2.24, 2.45) is 0 Å². The lowest BCUT2D eigenvalue weighted by atomic mass is 10.0. The van der Waals surface area contributed by atoms with Gasteiger partial charge >= 0.3 is 6.18 Å². The lowest BCUT2D eigenvalue weighted by molar-refractivity contribution is -0.139. The smallest absolute Gasteiger partial charge is 0.345 e. The molecule has 0 aliphatic heterocycles. The maximum absolute atomic E-state index is 12.4. The Labute approximate surface area is 153 Å². The summed E-state index contributed by atoms with van der Waals surface area (Å²) in [6.07, 6.45) is -4.48. The van der Waals surface area contributed by atoms with Gasteiger partial charge < -0.3 is 10.6 Å². The Morgan fingerprint density at radius 2 is 1.62 bits per heavy atom. The van der Waals surface area contributed by atoms with Gasteiger partial charge in [0.25, 0.3) is 5.91 Å². The third-order valence-corrected chi connectivity index (χ3v) is 3.73. The summed E-state index contributed by atoms with van der Waals surface area (Å²) in [7, 11) is 0. The number of hydrogen-bond acceptors (Lipinski definition) is 2. The third kappa shape index (κ3) is 6.40. The van der Waals surface area contributed by atoms with E-state index in [1.54, 1.807) is 30.3 Å². The van der Waals surface area contributed by atoms with Crippen LogP contribution in [0.5, 0.6) is 0 Å². The molecule has 0 aromatic heterocycles. The monoisotopic (exact) mass is 384 g/mol. The minimum atomic E-state index is -4.53. The van der Waals surface area contributed by atoms with Crippen LogP contribution in [0.1, 0.15) is 15.9 Å². The molecule has 1 atom stereocenters. The number of nitrogens with one attached hydrogen (secondary N) is 2. The molecular weight excluding hydrogens is 369 g/mol. The summed E-state index contributed by atoms with van der Waals surface area (Å²) < 4.78 is 37.1. The summed E-state index contributed by atoms with van der Waals surface area (Å²) in [4.78, 5) is 24.5. The van der Waals surface area contributed by atoms with Crippen molar-refractivity contribution in [3.63, 3.8) is 0 Å². The van der Waals surface area contributed by atoms with Crippen LogP contribution in [0.3, 0.4) is 0 Å². The normalized spacial score (nSPS) is 12.3. The van der Waals surface area contributed by atoms with E-state index in [-0.39, 0.29) is 12.0 Å². The number of halogens is 4. The van der Waals surface area contributed by atoms with E-state index in [0.717, 1.165) is 0 Å². The zero-order chi connectivity index (χ0) is 19.2. The van der Waals surface area contributed by atoms with E-state index < -0.39 is 30.6 Å². The molecule has 0 saturated carbocycles. The molecule has 0 spiro atoms. The Kier molecular flexibility index (Phi) is 6.63. The van der Waals surface area contributed by atoms with Gasteiger partial charge in [0.2, 0.25) is 5.91 Å². The molecule has 2 amide bonds. The van der Waals surface area contributed by atoms with Crippen LogP contribution in [-0.4, -0.2) is 30.6 Å². The summed E-state index contributed by atoms with van der Waals surface area (Å²) in [5.41, 5.74) is 0.951. The molecule has 26 heavy (non-hydrogen) atoms. The highest BCUT2D eigenvalue weighted by Gasteiger charge is 2.30. The van der Waals surface area contributed by atoms with Crippen molar-refractivity contribution >= 4 is 23.4 Å². The Morgan fingerprint density at radius 1 is 1.00 bits per heavy atom. The van der Waals surface area contributed by atoms with E-state index in [4.69, 9.17) is 11.6 Å². The number of hydrogen-bond donors (Lipinski definition) is 2. The van der Waals surface area contributed by atoms with Gasteiger partial charge in [-0.2, -0.15) is 13.2 Å². The van der Waals surface area contributed by atoms with Crippen molar-refractivity contribution in [1.29, 1.82) is 0 Å². The van der Waals surface area contributed by atoms with E-state index in [2.05, 4.69) is 5.32 Å². The molecule has 0 fully saturated rings. The molecule has 0 aliphatic rings. The van der Waals surface area contributed by atoms with Gasteiger partial charge in [-0.25, -0.2) is 0 Å². The van der Waals surface area contributed by atoms with Crippen molar-refractivity contribution in [3.05, 3.63) is 70.7 Å². The van der Waals surface area contributed by atoms with Crippen LogP contribution < -0.4 is 10.6 Å². The lowest BCUT2D eigenvalue weighted by Gasteiger charge is -2.19. The molecule has 0 aliphatic carbocycles. The molecule has 2 aromatic rings. The number of carbonyl (C=O) groups excluding carboxylic acids is 2. The predicted octanol–water partition coefficient (Wildman–Crippen LogP) is 3.36. The molecule has 0 heterocycles. The molecule has 8 heteroatoms. The second kappa shape index (κ2) is 8.71. The Morgan fingerprint density at radius 3 is 2.19 bits per heavy atom. The van der Waals surface area contributed by atoms with Crippen LogP contribution in [-0.2, 0) is 11.2 Å². The molecular formula is C18H16ClF3N2O2. The summed E-state index contributed by atoms with van der Waals surface area (Å²) in [5, 5.41) is 4.72. The van der Waals surface area contributed by atoms with Gasteiger partial charge in [-0.05, 0) is 29.8 Å². The number of amides is 2. The molecule has 0 saturated heterocycles. The fraction of sp³-hybridized carbons (Fsp3) is 0.222. The van der Waals surface area contributed by atoms with Gasteiger partial charge in [0.15, 0.2) is 0 Å². The molecule has 4 nitrogen and oxygen atoms in total. The van der Waals surface area contributed by atoms with Crippen LogP contribution in [0.4, 0.5) is 13.2 Å². The summed E-state index contributed by atoms with van der Waals surface area (Å²) in [5.74, 6) is -1.49. The van der Waals surface area contributed by atoms with Crippen molar-refractivity contribution in [2.45, 2.75) is 18.6 Å². The fourth-order valence-electron chi connectivity index (χ4n) is 2.21. The quantitative estimate of drug-likeness (QED) is 0.802. The number of alkyl halides is 3. The third-order valence-electron chi connectivity index (χ3n) is 3.47. The van der Waals surface area contributed by atoms with Crippen molar-refractivity contribution in [2.75, 3.05) is 6.54 Å². The van der Waals surface area contributed by atoms with E-state index in [1.165, 1.54) is 24.3 Å². The summed E-state index contributed by atoms with van der Waals surface area (Å²) in [6.45, 7) is -1.46. The van der Waals surface area contributed by atoms with Crippen molar-refractivity contribution in [1.82, 2.24) is 10.6 Å². The van der Waals surface area contributed by atoms with Crippen molar-refractivity contribution < 1.29 is 22.8 Å². The topological polar surface area (TPSA) is 58.2 Å². The standard InChI is InChI=1S/C18H16ClF3N2O2/c19-14-8-6-13(7-9-14)16(25)24-15(10-12-4-2-1-3-5-12)17(26)23-11-18(20,21)22/h1-9,15H,10-11H2,(H,23,26)(H,24,25). The molecule has 138 valence electrons. The SMILES string of the molecule is O=C(NC(Cc1ccccc1)C(=O)NCC(F)(F)F)c1ccc(Cl)cc1. The Bertz CT molecular complexity index is 749. The van der Waals surface area contributed by atoms with Crippen LogP contribution in [0.15, 0.2) is 54.6 Å². The highest BCUT2D eigenvalue weighted by molar-refractivity contribution is 6.30. The molecule has 2 rings (SSSR count). The molecule has 2 aromatic carbocycles. The largest absolute Gasteiger partial charge is 0.405 e. The molecule has 1 unspecified atom stereocenters. The molecule has 2 N–H and O–H groups in total. The van der Waals surface area contributed by atoms with Gasteiger partial charge in [0, 0.05) is 17.0 Å². The molecule has 0 bridgehead atoms. The lowest BCUT2D eigenvalue weighted by Crippen LogP contribution is -2.49. The van der Waals surface area contributed by atoms with Crippen LogP contribution in [0.25, 0.3) is 0 Å². The summed E-state index contributed by atoms with van der Waals surface area (Å²) >= 11 is 5.76. The van der Waals surface area contributed by atoms with E-state index in [1.807, 2.05) is 5.32 Å². The number of benzene rings is 2. The zero-order valence-electron chi connectivity index (χ0n) is 13.5. The first-order chi connectivity index (χ1) is 12.2. The van der Waals surface area contributed by atoms with Gasteiger partial charge in [-0.1, -0.05) is 41.9 Å². The first-order valence-corrected chi connectivity index (χ1v) is 8.07. The fourth-order valence-corrected chi connectivity index (χ4v) is 2.34. The van der Waals surface area contributed by atoms with Crippen LogP contribution in [0, 0.1) is 0 Å². The van der Waals surface area contributed by atoms with Gasteiger partial charge in [-0.15, -0.1) is 0 Å². The minimum absolute atomic E-state index is 0.0594. The maximum atomic E-state index is 12.4. The highest BCUT2D eigenvalue weighted by Crippen LogP contribution is 2.13. The number of rotatable bonds is 6. The van der Waals surface area contributed by atoms with E-state index in [0.29, 0.717) is 10.6 Å². The van der Waals surface area contributed by atoms with Gasteiger partial charge in [0.1, 0.15) is 12.6 Å². The predicted molar refractivity (Wildman–Crippen MR) is 91.9 cm³/mol. The average molecular weight is 385 g/mol. The van der Waals surface area contributed by atoms with Crippen LogP contribution in [0.2, 0.25) is 5.02 Å². The minimum Gasteiger partial charge on any atom is -0.345 e. The zero-order valence-corrected chi connectivity index (χ0v) is 14.3. The van der Waals surface area contributed by atoms with Crippen molar-refractivity contribution in [3.8, 4) is 0 Å². The average Bonchev–Trinajstić information content (AvgIpc) is 2.60. The Balaban J connectivity index is 2.12. The first kappa shape index (κ1) is 19.8. The summed E-state index contributed by atoms with van der Waals surface area (Å²) in [6, 6.07) is 13.5. The molecule has 0 radical (unpaired) electrons. The second-order valence-corrected chi connectivity index (χ2v) is 5.99.